The molecule has 0 unspecified atom stereocenters. The van der Waals surface area contributed by atoms with E-state index >= 15 is 0 Å². The fourth-order valence-corrected chi connectivity index (χ4v) is 4.93. The van der Waals surface area contributed by atoms with Crippen LogP contribution in [-0.2, 0) is 0 Å². The minimum Gasteiger partial charge on any atom is -0.355 e. The van der Waals surface area contributed by atoms with Gasteiger partial charge >= 0.3 is 0 Å². The molecule has 31 heavy (non-hydrogen) atoms. The van der Waals surface area contributed by atoms with E-state index in [1.165, 1.54) is 45.3 Å². The smallest absolute Gasteiger partial charge is 0.255 e. The van der Waals surface area contributed by atoms with Crippen LogP contribution in [0.1, 0.15) is 48.9 Å². The molecule has 5 nitrogen and oxygen atoms in total. The number of anilines is 2. The lowest BCUT2D eigenvalue weighted by molar-refractivity contribution is 0.102. The summed E-state index contributed by atoms with van der Waals surface area (Å²) in [5, 5.41) is 4.01. The number of nitrogens with one attached hydrogen (secondary N) is 1. The van der Waals surface area contributed by atoms with E-state index < -0.39 is 0 Å². The molecular weight excluding hydrogens is 431 g/mol. The summed E-state index contributed by atoms with van der Waals surface area (Å²) >= 11 is 12.2. The van der Waals surface area contributed by atoms with Gasteiger partial charge in [-0.3, -0.25) is 4.79 Å². The Bertz CT molecular complexity index is 893. The van der Waals surface area contributed by atoms with E-state index in [1.54, 1.807) is 36.5 Å². The van der Waals surface area contributed by atoms with Crippen molar-refractivity contribution in [3.8, 4) is 0 Å². The highest BCUT2D eigenvalue weighted by molar-refractivity contribution is 6.31. The molecule has 2 aromatic rings. The molecule has 7 heteroatoms. The van der Waals surface area contributed by atoms with Gasteiger partial charge in [0.2, 0.25) is 0 Å². The van der Waals surface area contributed by atoms with Crippen LogP contribution in [0, 0.1) is 5.92 Å². The molecule has 166 valence electrons. The van der Waals surface area contributed by atoms with Crippen LogP contribution in [0.3, 0.4) is 0 Å². The molecular formula is C24H30Cl2N4O. The van der Waals surface area contributed by atoms with Crippen molar-refractivity contribution in [3.63, 3.8) is 0 Å². The maximum atomic E-state index is 12.7. The Hall–Kier alpha value is -1.82. The zero-order valence-corrected chi connectivity index (χ0v) is 19.3. The third-order valence-corrected chi connectivity index (χ3v) is 6.83. The van der Waals surface area contributed by atoms with Crippen molar-refractivity contribution in [2.45, 2.75) is 38.5 Å². The largest absolute Gasteiger partial charge is 0.355 e. The van der Waals surface area contributed by atoms with Gasteiger partial charge in [-0.2, -0.15) is 0 Å². The Balaban J connectivity index is 1.37. The number of carbonyl (C=O) groups excluding carboxylic acids is 1. The fraction of sp³-hybridized carbons (Fsp3) is 0.500. The number of amides is 1. The van der Waals surface area contributed by atoms with E-state index in [9.17, 15) is 4.79 Å². The number of rotatable bonds is 6. The molecule has 1 aromatic heterocycles. The SMILES string of the molecule is O=C(Nc1cc(Cl)cnc1N1CCC(CCN2CCCCC2)CC1)c1cccc(Cl)c1. The summed E-state index contributed by atoms with van der Waals surface area (Å²) in [5.41, 5.74) is 1.15. The van der Waals surface area contributed by atoms with E-state index in [-0.39, 0.29) is 5.91 Å². The van der Waals surface area contributed by atoms with Gasteiger partial charge in [-0.1, -0.05) is 35.7 Å². The Kier molecular flexibility index (Phi) is 7.70. The van der Waals surface area contributed by atoms with Gasteiger partial charge in [0, 0.05) is 29.9 Å². The van der Waals surface area contributed by atoms with Crippen LogP contribution in [-0.4, -0.2) is 48.5 Å². The quantitative estimate of drug-likeness (QED) is 0.597. The standard InChI is InChI=1S/C24H30Cl2N4O/c25-20-6-4-5-19(15-20)24(31)28-22-16-21(26)17-27-23(22)30-13-8-18(9-14-30)7-12-29-10-2-1-3-11-29/h4-6,15-18H,1-3,7-14H2,(H,28,31). The van der Waals surface area contributed by atoms with Crippen molar-refractivity contribution in [3.05, 3.63) is 52.1 Å². The molecule has 4 rings (SSSR count). The Morgan fingerprint density at radius 3 is 2.55 bits per heavy atom. The zero-order chi connectivity index (χ0) is 21.6. The highest BCUT2D eigenvalue weighted by atomic mass is 35.5. The average molecular weight is 461 g/mol. The Morgan fingerprint density at radius 1 is 1.03 bits per heavy atom. The predicted molar refractivity (Wildman–Crippen MR) is 128 cm³/mol. The van der Waals surface area contributed by atoms with Crippen LogP contribution in [0.4, 0.5) is 11.5 Å². The number of likely N-dealkylation sites (tertiary alicyclic amines) is 1. The van der Waals surface area contributed by atoms with Crippen LogP contribution in [0.2, 0.25) is 10.0 Å². The summed E-state index contributed by atoms with van der Waals surface area (Å²) < 4.78 is 0. The third kappa shape index (κ3) is 6.12. The van der Waals surface area contributed by atoms with Gasteiger partial charge in [-0.25, -0.2) is 4.98 Å². The predicted octanol–water partition coefficient (Wildman–Crippen LogP) is 5.73. The van der Waals surface area contributed by atoms with Crippen molar-refractivity contribution in [2.24, 2.45) is 5.92 Å². The second-order valence-corrected chi connectivity index (χ2v) is 9.48. The molecule has 1 aromatic carbocycles. The van der Waals surface area contributed by atoms with E-state index in [4.69, 9.17) is 23.2 Å². The number of nitrogens with zero attached hydrogens (tertiary/aromatic N) is 3. The molecule has 0 radical (unpaired) electrons. The molecule has 0 bridgehead atoms. The number of pyridine rings is 1. The minimum atomic E-state index is -0.218. The molecule has 0 atom stereocenters. The minimum absolute atomic E-state index is 0.218. The van der Waals surface area contributed by atoms with E-state index in [0.29, 0.717) is 21.3 Å². The lowest BCUT2D eigenvalue weighted by Crippen LogP contribution is -2.37. The lowest BCUT2D eigenvalue weighted by atomic mass is 9.93. The number of benzene rings is 1. The number of piperidine rings is 2. The lowest BCUT2D eigenvalue weighted by Gasteiger charge is -2.35. The van der Waals surface area contributed by atoms with Crippen LogP contribution >= 0.6 is 23.2 Å². The molecule has 3 heterocycles. The van der Waals surface area contributed by atoms with Crippen molar-refractivity contribution in [1.82, 2.24) is 9.88 Å². The summed E-state index contributed by atoms with van der Waals surface area (Å²) in [5.74, 6) is 1.33. The number of carbonyl (C=O) groups is 1. The number of halogens is 2. The number of aromatic nitrogens is 1. The van der Waals surface area contributed by atoms with E-state index in [2.05, 4.69) is 20.1 Å². The highest BCUT2D eigenvalue weighted by Crippen LogP contribution is 2.31. The van der Waals surface area contributed by atoms with Crippen LogP contribution in [0.15, 0.2) is 36.5 Å². The van der Waals surface area contributed by atoms with Gasteiger partial charge in [0.1, 0.15) is 0 Å². The van der Waals surface area contributed by atoms with E-state index in [0.717, 1.165) is 37.7 Å². The van der Waals surface area contributed by atoms with E-state index in [1.807, 2.05) is 0 Å². The number of hydrogen-bond acceptors (Lipinski definition) is 4. The van der Waals surface area contributed by atoms with Crippen LogP contribution in [0.25, 0.3) is 0 Å². The van der Waals surface area contributed by atoms with Gasteiger partial charge in [-0.05, 0) is 81.9 Å². The second-order valence-electron chi connectivity index (χ2n) is 8.61. The zero-order valence-electron chi connectivity index (χ0n) is 17.8. The van der Waals surface area contributed by atoms with Crippen molar-refractivity contribution >= 4 is 40.6 Å². The van der Waals surface area contributed by atoms with Gasteiger partial charge in [0.25, 0.3) is 5.91 Å². The number of hydrogen-bond donors (Lipinski definition) is 1. The molecule has 1 N–H and O–H groups in total. The molecule has 2 aliphatic rings. The molecule has 0 saturated carbocycles. The van der Waals surface area contributed by atoms with Crippen LogP contribution in [0.5, 0.6) is 0 Å². The van der Waals surface area contributed by atoms with Crippen LogP contribution < -0.4 is 10.2 Å². The first kappa shape index (κ1) is 22.4. The summed E-state index contributed by atoms with van der Waals surface area (Å²) in [6, 6.07) is 8.69. The molecule has 2 aliphatic heterocycles. The topological polar surface area (TPSA) is 48.5 Å². The molecule has 0 aliphatic carbocycles. The highest BCUT2D eigenvalue weighted by Gasteiger charge is 2.24. The Morgan fingerprint density at radius 2 is 1.81 bits per heavy atom. The first-order valence-electron chi connectivity index (χ1n) is 11.3. The normalized spacial score (nSPS) is 18.2. The fourth-order valence-electron chi connectivity index (χ4n) is 4.58. The molecule has 2 saturated heterocycles. The summed E-state index contributed by atoms with van der Waals surface area (Å²) in [6.45, 7) is 5.65. The Labute approximate surface area is 194 Å². The van der Waals surface area contributed by atoms with Crippen molar-refractivity contribution < 1.29 is 4.79 Å². The van der Waals surface area contributed by atoms with Gasteiger partial charge in [-0.15, -0.1) is 0 Å². The maximum absolute atomic E-state index is 12.7. The average Bonchev–Trinajstić information content (AvgIpc) is 2.79. The molecule has 1 amide bonds. The monoisotopic (exact) mass is 460 g/mol. The second kappa shape index (κ2) is 10.7. The molecule has 0 spiro atoms. The summed E-state index contributed by atoms with van der Waals surface area (Å²) in [7, 11) is 0. The first-order valence-corrected chi connectivity index (χ1v) is 12.0. The van der Waals surface area contributed by atoms with Gasteiger partial charge in [0.05, 0.1) is 10.7 Å². The van der Waals surface area contributed by atoms with Gasteiger partial charge in [0.15, 0.2) is 5.82 Å². The van der Waals surface area contributed by atoms with Crippen molar-refractivity contribution in [2.75, 3.05) is 42.9 Å². The van der Waals surface area contributed by atoms with Crippen molar-refractivity contribution in [1.29, 1.82) is 0 Å². The summed E-state index contributed by atoms with van der Waals surface area (Å²) in [4.78, 5) is 22.2. The van der Waals surface area contributed by atoms with Gasteiger partial charge < -0.3 is 15.1 Å². The maximum Gasteiger partial charge on any atom is 0.255 e. The molecule has 2 fully saturated rings. The summed E-state index contributed by atoms with van der Waals surface area (Å²) in [6.07, 6.45) is 9.32. The third-order valence-electron chi connectivity index (χ3n) is 6.38. The first-order chi connectivity index (χ1) is 15.1.